The lowest BCUT2D eigenvalue weighted by Crippen LogP contribution is -2.28. The van der Waals surface area contributed by atoms with Crippen LogP contribution in [0.3, 0.4) is 0 Å². The largest absolute Gasteiger partial charge is 0.486 e. The van der Waals surface area contributed by atoms with Crippen molar-refractivity contribution in [2.75, 3.05) is 37.0 Å². The Morgan fingerprint density at radius 1 is 1.03 bits per heavy atom. The second-order valence-corrected chi connectivity index (χ2v) is 6.88. The van der Waals surface area contributed by atoms with Gasteiger partial charge in [0, 0.05) is 43.0 Å². The van der Waals surface area contributed by atoms with E-state index in [1.165, 1.54) is 0 Å². The number of benzene rings is 2. The smallest absolute Gasteiger partial charge is 0.251 e. The zero-order chi connectivity index (χ0) is 20.4. The van der Waals surface area contributed by atoms with Crippen molar-refractivity contribution in [3.8, 4) is 11.5 Å². The van der Waals surface area contributed by atoms with Crippen molar-refractivity contribution in [2.45, 2.75) is 6.42 Å². The number of hydrogen-bond donors (Lipinski definition) is 2. The average molecular weight is 395 g/mol. The van der Waals surface area contributed by atoms with Gasteiger partial charge in [-0.05, 0) is 36.4 Å². The first-order chi connectivity index (χ1) is 14.0. The average Bonchev–Trinajstić information content (AvgIpc) is 3.15. The van der Waals surface area contributed by atoms with Crippen LogP contribution >= 0.6 is 0 Å². The minimum Gasteiger partial charge on any atom is -0.486 e. The van der Waals surface area contributed by atoms with E-state index in [1.807, 2.05) is 0 Å². The molecule has 2 aliphatic heterocycles. The highest BCUT2D eigenvalue weighted by atomic mass is 16.6. The van der Waals surface area contributed by atoms with Crippen LogP contribution in [0, 0.1) is 5.92 Å². The summed E-state index contributed by atoms with van der Waals surface area (Å²) in [4.78, 5) is 38.3. The maximum Gasteiger partial charge on any atom is 0.251 e. The highest BCUT2D eigenvalue weighted by Gasteiger charge is 2.35. The van der Waals surface area contributed by atoms with Crippen LogP contribution in [0.4, 0.5) is 11.4 Å². The number of fused-ring (bicyclic) bond motifs is 1. The normalized spacial score (nSPS) is 17.8. The lowest BCUT2D eigenvalue weighted by atomic mass is 10.1. The number of nitrogens with zero attached hydrogens (tertiary/aromatic N) is 1. The van der Waals surface area contributed by atoms with Crippen LogP contribution in [0.25, 0.3) is 0 Å². The van der Waals surface area contributed by atoms with Crippen molar-refractivity contribution in [1.82, 2.24) is 5.32 Å². The van der Waals surface area contributed by atoms with Gasteiger partial charge in [-0.15, -0.1) is 0 Å². The first-order valence-electron chi connectivity index (χ1n) is 9.38. The summed E-state index contributed by atoms with van der Waals surface area (Å²) >= 11 is 0. The molecule has 2 heterocycles. The summed E-state index contributed by atoms with van der Waals surface area (Å²) in [6, 6.07) is 11.9. The SMILES string of the molecule is CNC(=O)c1ccc(NC(=O)C2CC(=O)N(c3ccc4c(c3)OCCO4)C2)cc1. The van der Waals surface area contributed by atoms with E-state index in [-0.39, 0.29) is 24.1 Å². The summed E-state index contributed by atoms with van der Waals surface area (Å²) in [5.74, 6) is 0.253. The van der Waals surface area contributed by atoms with Crippen molar-refractivity contribution < 1.29 is 23.9 Å². The van der Waals surface area contributed by atoms with E-state index in [9.17, 15) is 14.4 Å². The number of rotatable bonds is 4. The van der Waals surface area contributed by atoms with Gasteiger partial charge in [0.15, 0.2) is 11.5 Å². The van der Waals surface area contributed by atoms with E-state index >= 15 is 0 Å². The van der Waals surface area contributed by atoms with Crippen molar-refractivity contribution in [2.24, 2.45) is 5.92 Å². The zero-order valence-electron chi connectivity index (χ0n) is 15.9. The fourth-order valence-corrected chi connectivity index (χ4v) is 3.43. The van der Waals surface area contributed by atoms with Gasteiger partial charge in [-0.3, -0.25) is 14.4 Å². The highest BCUT2D eigenvalue weighted by Crippen LogP contribution is 2.36. The molecule has 2 aromatic carbocycles. The van der Waals surface area contributed by atoms with E-state index in [0.29, 0.717) is 48.2 Å². The molecule has 8 heteroatoms. The number of carbonyl (C=O) groups excluding carboxylic acids is 3. The summed E-state index contributed by atoms with van der Waals surface area (Å²) in [5, 5.41) is 5.36. The zero-order valence-corrected chi connectivity index (χ0v) is 15.9. The Labute approximate surface area is 167 Å². The van der Waals surface area contributed by atoms with Gasteiger partial charge < -0.3 is 25.0 Å². The third-order valence-corrected chi connectivity index (χ3v) is 4.97. The first-order valence-corrected chi connectivity index (χ1v) is 9.38. The number of hydrogen-bond acceptors (Lipinski definition) is 5. The van der Waals surface area contributed by atoms with E-state index < -0.39 is 5.92 Å². The lowest BCUT2D eigenvalue weighted by molar-refractivity contribution is -0.122. The van der Waals surface area contributed by atoms with Gasteiger partial charge in [-0.2, -0.15) is 0 Å². The van der Waals surface area contributed by atoms with Gasteiger partial charge in [-0.1, -0.05) is 0 Å². The van der Waals surface area contributed by atoms with Gasteiger partial charge in [0.25, 0.3) is 5.91 Å². The molecule has 0 aliphatic carbocycles. The molecule has 0 spiro atoms. The van der Waals surface area contributed by atoms with Crippen LogP contribution in [-0.2, 0) is 9.59 Å². The first kappa shape index (κ1) is 18.8. The molecule has 1 saturated heterocycles. The summed E-state index contributed by atoms with van der Waals surface area (Å²) in [6.07, 6.45) is 0.136. The molecular weight excluding hydrogens is 374 g/mol. The number of nitrogens with one attached hydrogen (secondary N) is 2. The Kier molecular flexibility index (Phi) is 5.07. The molecule has 150 valence electrons. The molecule has 1 atom stereocenters. The summed E-state index contributed by atoms with van der Waals surface area (Å²) in [5.41, 5.74) is 1.77. The Morgan fingerprint density at radius 3 is 2.48 bits per heavy atom. The molecular formula is C21H21N3O5. The number of amides is 3. The third kappa shape index (κ3) is 3.87. The van der Waals surface area contributed by atoms with E-state index in [2.05, 4.69) is 10.6 Å². The van der Waals surface area contributed by atoms with Gasteiger partial charge in [0.05, 0.1) is 5.92 Å². The van der Waals surface area contributed by atoms with Crippen molar-refractivity contribution in [1.29, 1.82) is 0 Å². The quantitative estimate of drug-likeness (QED) is 0.823. The summed E-state index contributed by atoms with van der Waals surface area (Å²) in [6.45, 7) is 1.26. The maximum absolute atomic E-state index is 12.6. The Morgan fingerprint density at radius 2 is 1.76 bits per heavy atom. The lowest BCUT2D eigenvalue weighted by Gasteiger charge is -2.22. The Balaban J connectivity index is 1.42. The second kappa shape index (κ2) is 7.83. The van der Waals surface area contributed by atoms with E-state index in [1.54, 1.807) is 54.4 Å². The van der Waals surface area contributed by atoms with E-state index in [4.69, 9.17) is 9.47 Å². The standard InChI is InChI=1S/C21H21N3O5/c1-22-20(26)13-2-4-15(5-3-13)23-21(27)14-10-19(25)24(12-14)16-6-7-17-18(11-16)29-9-8-28-17/h2-7,11,14H,8-10,12H2,1H3,(H,22,26)(H,23,27). The molecule has 1 fully saturated rings. The predicted octanol–water partition coefficient (Wildman–Crippen LogP) is 1.81. The fraction of sp³-hybridized carbons (Fsp3) is 0.286. The van der Waals surface area contributed by atoms with Crippen LogP contribution in [0.2, 0.25) is 0 Å². The molecule has 0 aromatic heterocycles. The molecule has 0 radical (unpaired) electrons. The Hall–Kier alpha value is -3.55. The number of anilines is 2. The molecule has 2 N–H and O–H groups in total. The van der Waals surface area contributed by atoms with Gasteiger partial charge >= 0.3 is 0 Å². The second-order valence-electron chi connectivity index (χ2n) is 6.88. The fourth-order valence-electron chi connectivity index (χ4n) is 3.43. The van der Waals surface area contributed by atoms with Crippen LogP contribution in [0.1, 0.15) is 16.8 Å². The van der Waals surface area contributed by atoms with Gasteiger partial charge in [0.2, 0.25) is 11.8 Å². The topological polar surface area (TPSA) is 97.0 Å². The van der Waals surface area contributed by atoms with E-state index in [0.717, 1.165) is 0 Å². The van der Waals surface area contributed by atoms with Crippen molar-refractivity contribution in [3.63, 3.8) is 0 Å². The predicted molar refractivity (Wildman–Crippen MR) is 106 cm³/mol. The minimum absolute atomic E-state index is 0.114. The maximum atomic E-state index is 12.6. The molecule has 2 aromatic rings. The van der Waals surface area contributed by atoms with Crippen LogP contribution in [0.5, 0.6) is 11.5 Å². The molecule has 0 bridgehead atoms. The summed E-state index contributed by atoms with van der Waals surface area (Å²) in [7, 11) is 1.56. The number of carbonyl (C=O) groups is 3. The van der Waals surface area contributed by atoms with Crippen molar-refractivity contribution in [3.05, 3.63) is 48.0 Å². The van der Waals surface area contributed by atoms with Gasteiger partial charge in [-0.25, -0.2) is 0 Å². The van der Waals surface area contributed by atoms with Crippen LogP contribution in [0.15, 0.2) is 42.5 Å². The minimum atomic E-state index is -0.464. The Bertz CT molecular complexity index is 957. The van der Waals surface area contributed by atoms with Gasteiger partial charge in [0.1, 0.15) is 13.2 Å². The molecule has 2 aliphatic rings. The number of ether oxygens (including phenoxy) is 2. The highest BCUT2D eigenvalue weighted by molar-refractivity contribution is 6.04. The van der Waals surface area contributed by atoms with Crippen molar-refractivity contribution >= 4 is 29.1 Å². The molecule has 8 nitrogen and oxygen atoms in total. The van der Waals surface area contributed by atoms with Crippen LogP contribution < -0.4 is 25.0 Å². The third-order valence-electron chi connectivity index (χ3n) is 4.97. The molecule has 3 amide bonds. The van der Waals surface area contributed by atoms with Crippen LogP contribution in [-0.4, -0.2) is 44.5 Å². The monoisotopic (exact) mass is 395 g/mol. The molecule has 4 rings (SSSR count). The molecule has 1 unspecified atom stereocenters. The molecule has 0 saturated carbocycles. The summed E-state index contributed by atoms with van der Waals surface area (Å²) < 4.78 is 11.1. The molecule has 29 heavy (non-hydrogen) atoms.